The van der Waals surface area contributed by atoms with E-state index in [4.69, 9.17) is 0 Å². The van der Waals surface area contributed by atoms with E-state index in [0.29, 0.717) is 17.2 Å². The molecular formula is C16H13F2N5O2. The second-order valence-electron chi connectivity index (χ2n) is 5.02. The molecule has 3 rings (SSSR count). The number of amides is 1. The average Bonchev–Trinajstić information content (AvgIpc) is 3.01. The summed E-state index contributed by atoms with van der Waals surface area (Å²) >= 11 is 0. The van der Waals surface area contributed by atoms with Gasteiger partial charge in [-0.15, -0.1) is 5.10 Å². The molecule has 2 aromatic carbocycles. The van der Waals surface area contributed by atoms with Crippen molar-refractivity contribution in [2.24, 2.45) is 0 Å². The van der Waals surface area contributed by atoms with Crippen LogP contribution in [-0.2, 0) is 0 Å². The van der Waals surface area contributed by atoms with Crippen LogP contribution in [0.15, 0.2) is 48.5 Å². The van der Waals surface area contributed by atoms with Crippen molar-refractivity contribution in [3.05, 3.63) is 59.9 Å². The summed E-state index contributed by atoms with van der Waals surface area (Å²) in [5, 5.41) is 13.9. The summed E-state index contributed by atoms with van der Waals surface area (Å²) in [4.78, 5) is 12.4. The van der Waals surface area contributed by atoms with Gasteiger partial charge in [0.1, 0.15) is 5.75 Å². The van der Waals surface area contributed by atoms with Gasteiger partial charge in [-0.05, 0) is 47.7 Å². The van der Waals surface area contributed by atoms with Crippen molar-refractivity contribution in [3.8, 4) is 11.4 Å². The Morgan fingerprint density at radius 3 is 2.72 bits per heavy atom. The van der Waals surface area contributed by atoms with Crippen LogP contribution in [-0.4, -0.2) is 32.7 Å². The molecule has 0 atom stereocenters. The van der Waals surface area contributed by atoms with Gasteiger partial charge in [0.05, 0.1) is 11.3 Å². The molecule has 0 saturated heterocycles. The maximum absolute atomic E-state index is 12.5. The number of hydrogen-bond donors (Lipinski definition) is 1. The van der Waals surface area contributed by atoms with Crippen molar-refractivity contribution in [1.82, 2.24) is 20.2 Å². The molecule has 0 aliphatic heterocycles. The molecule has 25 heavy (non-hydrogen) atoms. The summed E-state index contributed by atoms with van der Waals surface area (Å²) in [7, 11) is 0. The molecule has 9 heteroatoms. The topological polar surface area (TPSA) is 81.9 Å². The second-order valence-corrected chi connectivity index (χ2v) is 5.02. The zero-order valence-corrected chi connectivity index (χ0v) is 13.1. The smallest absolute Gasteiger partial charge is 0.387 e. The number of rotatable bonds is 5. The van der Waals surface area contributed by atoms with Gasteiger partial charge < -0.3 is 10.1 Å². The lowest BCUT2D eigenvalue weighted by molar-refractivity contribution is -0.0501. The van der Waals surface area contributed by atoms with Crippen LogP contribution in [0.2, 0.25) is 0 Å². The Labute approximate surface area is 141 Å². The zero-order chi connectivity index (χ0) is 17.8. The summed E-state index contributed by atoms with van der Waals surface area (Å²) in [5.74, 6) is -0.177. The van der Waals surface area contributed by atoms with Crippen LogP contribution in [0.25, 0.3) is 5.69 Å². The van der Waals surface area contributed by atoms with Crippen LogP contribution in [0.3, 0.4) is 0 Å². The first-order valence-corrected chi connectivity index (χ1v) is 7.25. The summed E-state index contributed by atoms with van der Waals surface area (Å²) < 4.78 is 30.8. The van der Waals surface area contributed by atoms with E-state index in [0.717, 1.165) is 0 Å². The summed E-state index contributed by atoms with van der Waals surface area (Å²) in [6, 6.07) is 12.6. The first-order chi connectivity index (χ1) is 12.0. The van der Waals surface area contributed by atoms with Crippen molar-refractivity contribution in [1.29, 1.82) is 0 Å². The van der Waals surface area contributed by atoms with Gasteiger partial charge in [0.2, 0.25) is 0 Å². The van der Waals surface area contributed by atoms with E-state index in [1.165, 1.54) is 22.9 Å². The number of benzene rings is 2. The van der Waals surface area contributed by atoms with Gasteiger partial charge in [-0.25, -0.2) is 0 Å². The zero-order valence-electron chi connectivity index (χ0n) is 13.1. The van der Waals surface area contributed by atoms with E-state index in [-0.39, 0.29) is 11.3 Å². The molecule has 0 spiro atoms. The van der Waals surface area contributed by atoms with Crippen molar-refractivity contribution >= 4 is 11.6 Å². The van der Waals surface area contributed by atoms with Gasteiger partial charge in [-0.2, -0.15) is 13.5 Å². The van der Waals surface area contributed by atoms with Gasteiger partial charge >= 0.3 is 6.61 Å². The Balaban J connectivity index is 1.84. The Kier molecular flexibility index (Phi) is 4.64. The molecule has 1 aromatic heterocycles. The minimum Gasteiger partial charge on any atom is -0.434 e. The fourth-order valence-electron chi connectivity index (χ4n) is 2.24. The third kappa shape index (κ3) is 3.77. The van der Waals surface area contributed by atoms with Crippen LogP contribution in [0, 0.1) is 6.92 Å². The van der Waals surface area contributed by atoms with Crippen LogP contribution < -0.4 is 10.1 Å². The maximum Gasteiger partial charge on any atom is 0.387 e. The molecule has 0 saturated carbocycles. The number of nitrogens with one attached hydrogen (secondary N) is 1. The fourth-order valence-corrected chi connectivity index (χ4v) is 2.24. The van der Waals surface area contributed by atoms with E-state index in [1.54, 1.807) is 37.3 Å². The van der Waals surface area contributed by atoms with E-state index >= 15 is 0 Å². The monoisotopic (exact) mass is 345 g/mol. The molecule has 0 aliphatic rings. The quantitative estimate of drug-likeness (QED) is 0.769. The molecule has 0 radical (unpaired) electrons. The number of aromatic nitrogens is 4. The van der Waals surface area contributed by atoms with Gasteiger partial charge in [-0.3, -0.25) is 4.79 Å². The van der Waals surface area contributed by atoms with E-state index < -0.39 is 12.5 Å². The Morgan fingerprint density at radius 2 is 2.00 bits per heavy atom. The van der Waals surface area contributed by atoms with Crippen LogP contribution in [0.5, 0.6) is 5.75 Å². The van der Waals surface area contributed by atoms with Gasteiger partial charge in [0, 0.05) is 5.69 Å². The highest BCUT2D eigenvalue weighted by atomic mass is 19.3. The average molecular weight is 345 g/mol. The number of aryl methyl sites for hydroxylation is 1. The second kappa shape index (κ2) is 7.04. The molecule has 0 bridgehead atoms. The number of alkyl halides is 2. The third-order valence-corrected chi connectivity index (χ3v) is 3.32. The molecule has 1 amide bonds. The lowest BCUT2D eigenvalue weighted by atomic mass is 10.2. The molecule has 0 fully saturated rings. The molecule has 0 aliphatic carbocycles. The largest absolute Gasteiger partial charge is 0.434 e. The normalized spacial score (nSPS) is 10.7. The third-order valence-electron chi connectivity index (χ3n) is 3.32. The molecule has 1 heterocycles. The number of ether oxygens (including phenoxy) is 1. The Bertz CT molecular complexity index is 897. The predicted octanol–water partition coefficient (Wildman–Crippen LogP) is 2.82. The molecule has 1 N–H and O–H groups in total. The highest BCUT2D eigenvalue weighted by molar-refractivity contribution is 6.06. The number of carbonyl (C=O) groups excluding carboxylic acids is 1. The van der Waals surface area contributed by atoms with Gasteiger partial charge in [-0.1, -0.05) is 18.2 Å². The number of para-hydroxylation sites is 1. The molecule has 7 nitrogen and oxygen atoms in total. The van der Waals surface area contributed by atoms with Crippen LogP contribution in [0.1, 0.15) is 16.2 Å². The lowest BCUT2D eigenvalue weighted by Crippen LogP contribution is -2.15. The maximum atomic E-state index is 12.5. The molecule has 128 valence electrons. The molecule has 0 unspecified atom stereocenters. The lowest BCUT2D eigenvalue weighted by Gasteiger charge is -2.11. The summed E-state index contributed by atoms with van der Waals surface area (Å²) in [6.07, 6.45) is 0. The van der Waals surface area contributed by atoms with Crippen molar-refractivity contribution < 1.29 is 18.3 Å². The summed E-state index contributed by atoms with van der Waals surface area (Å²) in [5.41, 5.74) is 1.12. The molecule has 3 aromatic rings. The molecular weight excluding hydrogens is 332 g/mol. The van der Waals surface area contributed by atoms with E-state index in [2.05, 4.69) is 25.6 Å². The number of nitrogens with zero attached hydrogens (tertiary/aromatic N) is 4. The van der Waals surface area contributed by atoms with E-state index in [9.17, 15) is 13.6 Å². The Morgan fingerprint density at radius 1 is 1.20 bits per heavy atom. The first-order valence-electron chi connectivity index (χ1n) is 7.25. The SMILES string of the molecule is Cc1nnnn1-c1cccc(NC(=O)c2ccccc2OC(F)F)c1. The number of hydrogen-bond acceptors (Lipinski definition) is 5. The highest BCUT2D eigenvalue weighted by Gasteiger charge is 2.15. The van der Waals surface area contributed by atoms with Crippen LogP contribution in [0.4, 0.5) is 14.5 Å². The minimum absolute atomic E-state index is 0.00630. The first kappa shape index (κ1) is 16.5. The number of halogens is 2. The number of tetrazole rings is 1. The number of anilines is 1. The van der Waals surface area contributed by atoms with Crippen molar-refractivity contribution in [3.63, 3.8) is 0 Å². The predicted molar refractivity (Wildman–Crippen MR) is 84.9 cm³/mol. The van der Waals surface area contributed by atoms with Crippen LogP contribution >= 0.6 is 0 Å². The highest BCUT2D eigenvalue weighted by Crippen LogP contribution is 2.22. The minimum atomic E-state index is -3.01. The Hall–Kier alpha value is -3.36. The van der Waals surface area contributed by atoms with Crippen molar-refractivity contribution in [2.75, 3.05) is 5.32 Å². The van der Waals surface area contributed by atoms with Crippen molar-refractivity contribution in [2.45, 2.75) is 13.5 Å². The standard InChI is InChI=1S/C16H13F2N5O2/c1-10-20-21-22-23(10)12-6-4-5-11(9-12)19-15(24)13-7-2-3-8-14(13)25-16(17)18/h2-9,16H,1H3,(H,19,24). The van der Waals surface area contributed by atoms with Gasteiger partial charge in [0.25, 0.3) is 5.91 Å². The number of carbonyl (C=O) groups is 1. The summed E-state index contributed by atoms with van der Waals surface area (Å²) in [6.45, 7) is -1.27. The fraction of sp³-hybridized carbons (Fsp3) is 0.125. The van der Waals surface area contributed by atoms with E-state index in [1.807, 2.05) is 0 Å². The van der Waals surface area contributed by atoms with Gasteiger partial charge in [0.15, 0.2) is 5.82 Å².